The summed E-state index contributed by atoms with van der Waals surface area (Å²) in [5, 5.41) is 7.68. The van der Waals surface area contributed by atoms with E-state index in [4.69, 9.17) is 4.42 Å². The fourth-order valence-corrected chi connectivity index (χ4v) is 5.28. The minimum atomic E-state index is 0.987. The maximum atomic E-state index is 5.93. The number of pyridine rings is 2. The molecule has 0 aliphatic carbocycles. The summed E-state index contributed by atoms with van der Waals surface area (Å²) in [5.41, 5.74) is 7.22. The molecule has 0 bridgehead atoms. The van der Waals surface area contributed by atoms with E-state index in [1.807, 2.05) is 6.26 Å². The number of rotatable bonds is 0. The van der Waals surface area contributed by atoms with E-state index in [2.05, 4.69) is 83.7 Å². The molecule has 0 radical (unpaired) electrons. The predicted octanol–water partition coefficient (Wildman–Crippen LogP) is 5.87. The molecule has 7 rings (SSSR count). The lowest BCUT2D eigenvalue weighted by Crippen LogP contribution is -2.29. The van der Waals surface area contributed by atoms with Gasteiger partial charge in [-0.1, -0.05) is 30.3 Å². The van der Waals surface area contributed by atoms with Crippen molar-refractivity contribution in [3.05, 3.63) is 72.6 Å². The summed E-state index contributed by atoms with van der Waals surface area (Å²) < 4.78 is 10.6. The number of aryl methyl sites for hydroxylation is 2. The smallest absolute Gasteiger partial charge is 0.237 e. The Kier molecular flexibility index (Phi) is 2.39. The van der Waals surface area contributed by atoms with Crippen molar-refractivity contribution in [2.45, 2.75) is 6.92 Å². The standard InChI is InChI=1S/C25H17N2O/c1-14-21-22-16(18-11-13-28-25(14)18)9-10-17-15-6-3-4-7-19(15)27(23(17)22)20-8-5-12-26(2)24(20)21/h3-13H,1-2H3/q+1. The highest BCUT2D eigenvalue weighted by molar-refractivity contribution is 6.32. The van der Waals surface area contributed by atoms with Gasteiger partial charge < -0.3 is 8.82 Å². The molecular formula is C25H17N2O+. The van der Waals surface area contributed by atoms with E-state index in [0.29, 0.717) is 0 Å². The highest BCUT2D eigenvalue weighted by atomic mass is 16.3. The summed E-state index contributed by atoms with van der Waals surface area (Å²) in [4.78, 5) is 0. The Balaban J connectivity index is 2.04. The number of hydrogen-bond acceptors (Lipinski definition) is 1. The molecule has 0 aliphatic heterocycles. The summed E-state index contributed by atoms with van der Waals surface area (Å²) in [5.74, 6) is 0. The zero-order chi connectivity index (χ0) is 18.6. The second-order valence-corrected chi connectivity index (χ2v) is 7.75. The highest BCUT2D eigenvalue weighted by Crippen LogP contribution is 2.44. The Bertz CT molecular complexity index is 1730. The molecule has 3 heteroatoms. The molecule has 3 nitrogen and oxygen atoms in total. The first-order chi connectivity index (χ1) is 13.8. The first kappa shape index (κ1) is 14.5. The number of para-hydroxylation sites is 1. The molecule has 4 aromatic heterocycles. The fourth-order valence-electron chi connectivity index (χ4n) is 5.28. The molecule has 7 aromatic rings. The van der Waals surface area contributed by atoms with Crippen LogP contribution in [0, 0.1) is 6.92 Å². The molecule has 0 fully saturated rings. The van der Waals surface area contributed by atoms with Gasteiger partial charge in [-0.25, -0.2) is 0 Å². The van der Waals surface area contributed by atoms with Gasteiger partial charge in [-0.3, -0.25) is 0 Å². The summed E-state index contributed by atoms with van der Waals surface area (Å²) in [7, 11) is 2.13. The monoisotopic (exact) mass is 361 g/mol. The number of hydrogen-bond donors (Lipinski definition) is 0. The minimum Gasteiger partial charge on any atom is -0.464 e. The van der Waals surface area contributed by atoms with Crippen molar-refractivity contribution in [2.75, 3.05) is 0 Å². The second-order valence-electron chi connectivity index (χ2n) is 7.75. The molecule has 132 valence electrons. The first-order valence-electron chi connectivity index (χ1n) is 9.61. The summed E-state index contributed by atoms with van der Waals surface area (Å²) >= 11 is 0. The Labute approximate surface area is 160 Å². The Morgan fingerprint density at radius 2 is 1.61 bits per heavy atom. The Morgan fingerprint density at radius 1 is 0.786 bits per heavy atom. The molecule has 0 unspecified atom stereocenters. The lowest BCUT2D eigenvalue weighted by molar-refractivity contribution is -0.644. The lowest BCUT2D eigenvalue weighted by atomic mass is 9.94. The highest BCUT2D eigenvalue weighted by Gasteiger charge is 2.25. The van der Waals surface area contributed by atoms with Gasteiger partial charge in [0.1, 0.15) is 18.1 Å². The SMILES string of the molecule is Cc1c2occc2c2ccc3c4ccccc4n4c5ccc[n+](C)c5c1c2c34. The Hall–Kier alpha value is -3.59. The summed E-state index contributed by atoms with van der Waals surface area (Å²) in [6.45, 7) is 2.19. The molecule has 0 saturated heterocycles. The van der Waals surface area contributed by atoms with Gasteiger partial charge in [0.15, 0.2) is 6.20 Å². The van der Waals surface area contributed by atoms with E-state index in [1.165, 1.54) is 59.9 Å². The third-order valence-corrected chi connectivity index (χ3v) is 6.39. The molecule has 4 heterocycles. The van der Waals surface area contributed by atoms with Crippen LogP contribution in [-0.4, -0.2) is 4.40 Å². The van der Waals surface area contributed by atoms with Gasteiger partial charge in [0.25, 0.3) is 0 Å². The minimum absolute atomic E-state index is 0.987. The maximum Gasteiger partial charge on any atom is 0.237 e. The molecular weight excluding hydrogens is 344 g/mol. The first-order valence-corrected chi connectivity index (χ1v) is 9.61. The van der Waals surface area contributed by atoms with Gasteiger partial charge in [-0.15, -0.1) is 0 Å². The van der Waals surface area contributed by atoms with Crippen LogP contribution < -0.4 is 4.57 Å². The van der Waals surface area contributed by atoms with Crippen molar-refractivity contribution in [1.29, 1.82) is 0 Å². The van der Waals surface area contributed by atoms with Crippen molar-refractivity contribution in [1.82, 2.24) is 4.40 Å². The number of furan rings is 1. The molecule has 0 N–H and O–H groups in total. The number of benzene rings is 3. The van der Waals surface area contributed by atoms with E-state index >= 15 is 0 Å². The third-order valence-electron chi connectivity index (χ3n) is 6.39. The molecule has 0 spiro atoms. The van der Waals surface area contributed by atoms with Crippen molar-refractivity contribution in [3.8, 4) is 0 Å². The van der Waals surface area contributed by atoms with Crippen molar-refractivity contribution in [2.24, 2.45) is 7.05 Å². The molecule has 0 saturated carbocycles. The molecule has 0 atom stereocenters. The Morgan fingerprint density at radius 3 is 2.54 bits per heavy atom. The zero-order valence-electron chi connectivity index (χ0n) is 15.7. The average Bonchev–Trinajstić information content (AvgIpc) is 3.33. The van der Waals surface area contributed by atoms with E-state index in [0.717, 1.165) is 5.58 Å². The van der Waals surface area contributed by atoms with Gasteiger partial charge >= 0.3 is 0 Å². The van der Waals surface area contributed by atoms with Crippen LogP contribution in [0.3, 0.4) is 0 Å². The van der Waals surface area contributed by atoms with Crippen LogP contribution >= 0.6 is 0 Å². The van der Waals surface area contributed by atoms with E-state index in [1.54, 1.807) is 0 Å². The molecule has 28 heavy (non-hydrogen) atoms. The van der Waals surface area contributed by atoms with Crippen molar-refractivity contribution in [3.63, 3.8) is 0 Å². The van der Waals surface area contributed by atoms with Gasteiger partial charge in [0.2, 0.25) is 5.52 Å². The molecule has 0 aliphatic rings. The van der Waals surface area contributed by atoms with Crippen molar-refractivity contribution < 1.29 is 8.98 Å². The van der Waals surface area contributed by atoms with E-state index in [-0.39, 0.29) is 0 Å². The van der Waals surface area contributed by atoms with Crippen molar-refractivity contribution >= 4 is 60.0 Å². The summed E-state index contributed by atoms with van der Waals surface area (Å²) in [6.07, 6.45) is 3.94. The predicted molar refractivity (Wildman–Crippen MR) is 114 cm³/mol. The average molecular weight is 361 g/mol. The maximum absolute atomic E-state index is 5.93. The van der Waals surface area contributed by atoms with Crippen LogP contribution in [-0.2, 0) is 7.05 Å². The third kappa shape index (κ3) is 1.44. The van der Waals surface area contributed by atoms with Crippen LogP contribution in [0.4, 0.5) is 0 Å². The number of aromatic nitrogens is 2. The summed E-state index contributed by atoms with van der Waals surface area (Å²) in [6, 6.07) is 19.7. The second kappa shape index (κ2) is 4.63. The molecule has 3 aromatic carbocycles. The number of fused-ring (bicyclic) bond motifs is 8. The van der Waals surface area contributed by atoms with Crippen LogP contribution in [0.15, 0.2) is 71.5 Å². The van der Waals surface area contributed by atoms with Crippen LogP contribution in [0.2, 0.25) is 0 Å². The molecule has 0 amide bonds. The van der Waals surface area contributed by atoms with Gasteiger partial charge in [-0.2, -0.15) is 4.57 Å². The zero-order valence-corrected chi connectivity index (χ0v) is 15.7. The van der Waals surface area contributed by atoms with Gasteiger partial charge in [-0.05, 0) is 30.5 Å². The van der Waals surface area contributed by atoms with Gasteiger partial charge in [0.05, 0.1) is 22.7 Å². The van der Waals surface area contributed by atoms with Gasteiger partial charge in [0, 0.05) is 33.2 Å². The lowest BCUT2D eigenvalue weighted by Gasteiger charge is -2.13. The van der Waals surface area contributed by atoms with Crippen LogP contribution in [0.25, 0.3) is 60.0 Å². The van der Waals surface area contributed by atoms with Crippen LogP contribution in [0.5, 0.6) is 0 Å². The topological polar surface area (TPSA) is 21.4 Å². The largest absolute Gasteiger partial charge is 0.464 e. The van der Waals surface area contributed by atoms with Crippen LogP contribution in [0.1, 0.15) is 5.56 Å². The number of nitrogens with zero attached hydrogens (tertiary/aromatic N) is 2. The normalized spacial score (nSPS) is 12.6. The van der Waals surface area contributed by atoms with E-state index < -0.39 is 0 Å². The fraction of sp³-hybridized carbons (Fsp3) is 0.0800. The van der Waals surface area contributed by atoms with E-state index in [9.17, 15) is 0 Å². The quantitative estimate of drug-likeness (QED) is 0.188.